The number of anilines is 2. The topological polar surface area (TPSA) is 71.1 Å². The van der Waals surface area contributed by atoms with Crippen LogP contribution in [-0.4, -0.2) is 43.3 Å². The summed E-state index contributed by atoms with van der Waals surface area (Å²) in [5.41, 5.74) is 2.16. The van der Waals surface area contributed by atoms with Crippen molar-refractivity contribution >= 4 is 23.4 Å². The van der Waals surface area contributed by atoms with Crippen molar-refractivity contribution in [2.75, 3.05) is 36.4 Å². The maximum absolute atomic E-state index is 12.0. The van der Waals surface area contributed by atoms with Crippen molar-refractivity contribution in [3.8, 4) is 0 Å². The number of hydroxylamine groups is 2. The monoisotopic (exact) mass is 411 g/mol. The van der Waals surface area contributed by atoms with Crippen molar-refractivity contribution in [3.63, 3.8) is 0 Å². The van der Waals surface area contributed by atoms with Crippen molar-refractivity contribution in [2.24, 2.45) is 5.41 Å². The lowest BCUT2D eigenvalue weighted by Gasteiger charge is -2.35. The van der Waals surface area contributed by atoms with E-state index in [1.54, 1.807) is 5.06 Å². The minimum Gasteiger partial charge on any atom is -0.444 e. The summed E-state index contributed by atoms with van der Waals surface area (Å²) in [6.07, 6.45) is -0.485. The lowest BCUT2D eigenvalue weighted by atomic mass is 9.98. The minimum atomic E-state index is -0.512. The third-order valence-electron chi connectivity index (χ3n) is 4.75. The lowest BCUT2D eigenvalue weighted by Crippen LogP contribution is -2.48. The van der Waals surface area contributed by atoms with Crippen LogP contribution < -0.4 is 10.2 Å². The molecule has 7 heteroatoms. The number of hydrogen-bond acceptors (Lipinski definition) is 6. The number of amides is 1. The van der Waals surface area contributed by atoms with Gasteiger partial charge in [-0.3, -0.25) is 5.32 Å². The van der Waals surface area contributed by atoms with E-state index in [-0.39, 0.29) is 12.6 Å². The van der Waals surface area contributed by atoms with Gasteiger partial charge in [-0.2, -0.15) is 0 Å². The number of nitrogens with one attached hydrogen (secondary N) is 1. The van der Waals surface area contributed by atoms with Gasteiger partial charge in [0.1, 0.15) is 6.61 Å². The van der Waals surface area contributed by atoms with Crippen LogP contribution in [-0.2, 0) is 21.0 Å². The number of hydrogen-bond donors (Lipinski definition) is 1. The Labute approximate surface area is 177 Å². The number of carbonyl (C=O) groups is 2. The fraction of sp³-hybridized carbons (Fsp3) is 0.391. The summed E-state index contributed by atoms with van der Waals surface area (Å²) in [7, 11) is 0. The molecule has 1 fully saturated rings. The van der Waals surface area contributed by atoms with Gasteiger partial charge in [-0.1, -0.05) is 30.3 Å². The summed E-state index contributed by atoms with van der Waals surface area (Å²) in [6.45, 7) is 8.57. The standard InChI is InChI=1S/C23H29N3O4/c1-23(2,3)21(27)30-26-15-13-25(14-16-26)20-11-9-19(10-12-20)24-22(28)29-17-18-7-5-4-6-8-18/h4-12H,13-17H2,1-3H3,(H,24,28). The molecule has 0 aliphatic carbocycles. The lowest BCUT2D eigenvalue weighted by molar-refractivity contribution is -0.201. The molecule has 0 bridgehead atoms. The number of piperazine rings is 1. The maximum Gasteiger partial charge on any atom is 0.411 e. The number of nitrogens with zero attached hydrogens (tertiary/aromatic N) is 2. The third kappa shape index (κ3) is 6.22. The average molecular weight is 412 g/mol. The van der Waals surface area contributed by atoms with Gasteiger partial charge in [0.15, 0.2) is 0 Å². The Morgan fingerprint density at radius 1 is 0.933 bits per heavy atom. The molecule has 1 heterocycles. The Morgan fingerprint density at radius 3 is 2.17 bits per heavy atom. The highest BCUT2D eigenvalue weighted by Gasteiger charge is 2.27. The van der Waals surface area contributed by atoms with Crippen LogP contribution in [0.1, 0.15) is 26.3 Å². The molecule has 1 N–H and O–H groups in total. The first-order valence-corrected chi connectivity index (χ1v) is 10.1. The fourth-order valence-electron chi connectivity index (χ4n) is 2.92. The molecule has 3 rings (SSSR count). The molecular weight excluding hydrogens is 382 g/mol. The summed E-state index contributed by atoms with van der Waals surface area (Å²) in [6, 6.07) is 17.2. The highest BCUT2D eigenvalue weighted by Crippen LogP contribution is 2.21. The van der Waals surface area contributed by atoms with Crippen LogP contribution in [0.5, 0.6) is 0 Å². The van der Waals surface area contributed by atoms with Crippen LogP contribution in [0.3, 0.4) is 0 Å². The zero-order chi connectivity index (χ0) is 21.6. The Balaban J connectivity index is 1.44. The molecule has 0 atom stereocenters. The van der Waals surface area contributed by atoms with E-state index in [1.807, 2.05) is 75.4 Å². The van der Waals surface area contributed by atoms with Crippen LogP contribution in [0.15, 0.2) is 54.6 Å². The van der Waals surface area contributed by atoms with Crippen LogP contribution >= 0.6 is 0 Å². The molecule has 160 valence electrons. The number of ether oxygens (including phenoxy) is 1. The van der Waals surface area contributed by atoms with Gasteiger partial charge < -0.3 is 14.5 Å². The summed E-state index contributed by atoms with van der Waals surface area (Å²) >= 11 is 0. The van der Waals surface area contributed by atoms with Crippen LogP contribution in [0.25, 0.3) is 0 Å². The average Bonchev–Trinajstić information content (AvgIpc) is 2.73. The minimum absolute atomic E-state index is 0.217. The quantitative estimate of drug-likeness (QED) is 0.800. The Bertz CT molecular complexity index is 839. The van der Waals surface area contributed by atoms with Crippen molar-refractivity contribution in [2.45, 2.75) is 27.4 Å². The Morgan fingerprint density at radius 2 is 1.57 bits per heavy atom. The van der Waals surface area contributed by atoms with Crippen molar-refractivity contribution < 1.29 is 19.2 Å². The largest absolute Gasteiger partial charge is 0.444 e. The normalized spacial score (nSPS) is 14.8. The van der Waals surface area contributed by atoms with Gasteiger partial charge >= 0.3 is 12.1 Å². The van der Waals surface area contributed by atoms with Gasteiger partial charge in [-0.15, -0.1) is 5.06 Å². The number of carbonyl (C=O) groups excluding carboxylic acids is 2. The van der Waals surface area contributed by atoms with E-state index in [0.717, 1.165) is 24.3 Å². The van der Waals surface area contributed by atoms with Gasteiger partial charge in [0, 0.05) is 24.5 Å². The van der Waals surface area contributed by atoms with Gasteiger partial charge in [-0.25, -0.2) is 9.59 Å². The second kappa shape index (κ2) is 9.63. The van der Waals surface area contributed by atoms with Crippen molar-refractivity contribution in [1.82, 2.24) is 5.06 Å². The van der Waals surface area contributed by atoms with Crippen molar-refractivity contribution in [1.29, 1.82) is 0 Å². The number of benzene rings is 2. The van der Waals surface area contributed by atoms with E-state index in [1.165, 1.54) is 0 Å². The molecule has 30 heavy (non-hydrogen) atoms. The highest BCUT2D eigenvalue weighted by molar-refractivity contribution is 5.84. The highest BCUT2D eigenvalue weighted by atomic mass is 16.7. The third-order valence-corrected chi connectivity index (χ3v) is 4.75. The first-order chi connectivity index (χ1) is 14.3. The van der Waals surface area contributed by atoms with Gasteiger partial charge in [0.25, 0.3) is 0 Å². The fourth-order valence-corrected chi connectivity index (χ4v) is 2.92. The molecule has 1 amide bonds. The second-order valence-electron chi connectivity index (χ2n) is 8.28. The van der Waals surface area contributed by atoms with Crippen LogP contribution in [0, 0.1) is 5.41 Å². The molecule has 2 aromatic rings. The molecular formula is C23H29N3O4. The molecule has 1 aliphatic rings. The Kier molecular flexibility index (Phi) is 6.95. The van der Waals surface area contributed by atoms with E-state index in [9.17, 15) is 9.59 Å². The van der Waals surface area contributed by atoms with E-state index in [0.29, 0.717) is 18.8 Å². The van der Waals surface area contributed by atoms with E-state index < -0.39 is 11.5 Å². The first kappa shape index (κ1) is 21.6. The van der Waals surface area contributed by atoms with Gasteiger partial charge in [-0.05, 0) is 50.6 Å². The van der Waals surface area contributed by atoms with E-state index >= 15 is 0 Å². The summed E-state index contributed by atoms with van der Waals surface area (Å²) in [5, 5.41) is 4.46. The summed E-state index contributed by atoms with van der Waals surface area (Å²) in [5.74, 6) is -0.217. The van der Waals surface area contributed by atoms with Gasteiger partial charge in [0.2, 0.25) is 0 Å². The summed E-state index contributed by atoms with van der Waals surface area (Å²) < 4.78 is 5.24. The summed E-state index contributed by atoms with van der Waals surface area (Å²) in [4.78, 5) is 31.7. The van der Waals surface area contributed by atoms with Crippen molar-refractivity contribution in [3.05, 3.63) is 60.2 Å². The molecule has 0 radical (unpaired) electrons. The molecule has 0 saturated carbocycles. The molecule has 0 aromatic heterocycles. The zero-order valence-electron chi connectivity index (χ0n) is 17.8. The molecule has 1 aliphatic heterocycles. The van der Waals surface area contributed by atoms with Gasteiger partial charge in [0.05, 0.1) is 18.5 Å². The first-order valence-electron chi connectivity index (χ1n) is 10.1. The van der Waals surface area contributed by atoms with E-state index in [2.05, 4.69) is 10.2 Å². The van der Waals surface area contributed by atoms with Crippen LogP contribution in [0.2, 0.25) is 0 Å². The molecule has 7 nitrogen and oxygen atoms in total. The predicted octanol–water partition coefficient (Wildman–Crippen LogP) is 4.06. The van der Waals surface area contributed by atoms with Crippen LogP contribution in [0.4, 0.5) is 16.2 Å². The number of rotatable bonds is 5. The SMILES string of the molecule is CC(C)(C)C(=O)ON1CCN(c2ccc(NC(=O)OCc3ccccc3)cc2)CC1. The molecule has 0 spiro atoms. The zero-order valence-corrected chi connectivity index (χ0v) is 17.8. The molecule has 2 aromatic carbocycles. The maximum atomic E-state index is 12.0. The second-order valence-corrected chi connectivity index (χ2v) is 8.28. The smallest absolute Gasteiger partial charge is 0.411 e. The molecule has 0 unspecified atom stereocenters. The van der Waals surface area contributed by atoms with E-state index in [4.69, 9.17) is 9.57 Å². The molecule has 1 saturated heterocycles. The Hall–Kier alpha value is -3.06. The predicted molar refractivity (Wildman–Crippen MR) is 116 cm³/mol.